The molecule has 16 heavy (non-hydrogen) atoms. The van der Waals surface area contributed by atoms with Gasteiger partial charge in [-0.05, 0) is 59.8 Å². The number of halogens is 2. The predicted octanol–water partition coefficient (Wildman–Crippen LogP) is 3.74. The van der Waals surface area contributed by atoms with Crippen LogP contribution in [-0.2, 0) is 0 Å². The van der Waals surface area contributed by atoms with Gasteiger partial charge in [-0.2, -0.15) is 0 Å². The van der Waals surface area contributed by atoms with Gasteiger partial charge in [-0.1, -0.05) is 15.9 Å². The van der Waals surface area contributed by atoms with Crippen LogP contribution in [0.2, 0.25) is 0 Å². The second kappa shape index (κ2) is 4.88. The second-order valence-electron chi connectivity index (χ2n) is 4.22. The van der Waals surface area contributed by atoms with Crippen molar-refractivity contribution in [3.8, 4) is 0 Å². The predicted molar refractivity (Wildman–Crippen MR) is 71.5 cm³/mol. The normalized spacial score (nSPS) is 16.9. The van der Waals surface area contributed by atoms with Gasteiger partial charge in [0.1, 0.15) is 0 Å². The van der Waals surface area contributed by atoms with E-state index in [0.717, 1.165) is 8.95 Å². The van der Waals surface area contributed by atoms with Gasteiger partial charge >= 0.3 is 0 Å². The van der Waals surface area contributed by atoms with Crippen molar-refractivity contribution in [2.75, 3.05) is 0 Å². The fourth-order valence-electron chi connectivity index (χ4n) is 1.67. The zero-order chi connectivity index (χ0) is 11.7. The topological polar surface area (TPSA) is 29.1 Å². The highest BCUT2D eigenvalue weighted by atomic mass is 79.9. The molecule has 2 nitrogen and oxygen atoms in total. The van der Waals surface area contributed by atoms with Crippen molar-refractivity contribution in [1.29, 1.82) is 0 Å². The summed E-state index contributed by atoms with van der Waals surface area (Å²) in [5.41, 5.74) is 0.682. The van der Waals surface area contributed by atoms with Gasteiger partial charge < -0.3 is 5.32 Å². The quantitative estimate of drug-likeness (QED) is 0.887. The van der Waals surface area contributed by atoms with Crippen LogP contribution in [-0.4, -0.2) is 11.9 Å². The molecule has 0 saturated heterocycles. The van der Waals surface area contributed by atoms with E-state index in [1.807, 2.05) is 18.2 Å². The Balaban J connectivity index is 2.10. The van der Waals surface area contributed by atoms with Crippen LogP contribution in [0.15, 0.2) is 27.1 Å². The first-order valence-electron chi connectivity index (χ1n) is 5.34. The smallest absolute Gasteiger partial charge is 0.252 e. The Morgan fingerprint density at radius 3 is 2.75 bits per heavy atom. The van der Waals surface area contributed by atoms with E-state index < -0.39 is 0 Å². The van der Waals surface area contributed by atoms with Crippen LogP contribution < -0.4 is 5.32 Å². The molecule has 1 aromatic carbocycles. The summed E-state index contributed by atoms with van der Waals surface area (Å²) in [6.07, 6.45) is 2.47. The maximum atomic E-state index is 12.0. The lowest BCUT2D eigenvalue weighted by Gasteiger charge is -2.13. The molecule has 4 heteroatoms. The standard InChI is InChI=1S/C12H13Br2NO/c1-7(8-2-3-8)15-12(16)10-6-9(13)4-5-11(10)14/h4-8H,2-3H2,1H3,(H,15,16). The van der Waals surface area contributed by atoms with Crippen LogP contribution in [0.4, 0.5) is 0 Å². The maximum Gasteiger partial charge on any atom is 0.252 e. The Hall–Kier alpha value is -0.350. The maximum absolute atomic E-state index is 12.0. The second-order valence-corrected chi connectivity index (χ2v) is 5.99. The van der Waals surface area contributed by atoms with Gasteiger partial charge in [-0.25, -0.2) is 0 Å². The molecule has 0 aromatic heterocycles. The van der Waals surface area contributed by atoms with E-state index in [9.17, 15) is 4.79 Å². The molecule has 0 bridgehead atoms. The summed E-state index contributed by atoms with van der Waals surface area (Å²) in [6, 6.07) is 5.89. The lowest BCUT2D eigenvalue weighted by molar-refractivity contribution is 0.0935. The van der Waals surface area contributed by atoms with Crippen molar-refractivity contribution >= 4 is 37.8 Å². The van der Waals surface area contributed by atoms with Gasteiger partial charge in [0.25, 0.3) is 5.91 Å². The number of hydrogen-bond donors (Lipinski definition) is 1. The minimum Gasteiger partial charge on any atom is -0.349 e. The van der Waals surface area contributed by atoms with Crippen molar-refractivity contribution in [1.82, 2.24) is 5.32 Å². The lowest BCUT2D eigenvalue weighted by Crippen LogP contribution is -2.34. The molecule has 1 amide bonds. The van der Waals surface area contributed by atoms with Crippen molar-refractivity contribution < 1.29 is 4.79 Å². The van der Waals surface area contributed by atoms with Gasteiger partial charge in [0.05, 0.1) is 5.56 Å². The van der Waals surface area contributed by atoms with Crippen molar-refractivity contribution in [3.63, 3.8) is 0 Å². The molecule has 2 rings (SSSR count). The molecule has 1 aliphatic rings. The highest BCUT2D eigenvalue weighted by Gasteiger charge is 2.29. The van der Waals surface area contributed by atoms with Crippen molar-refractivity contribution in [3.05, 3.63) is 32.7 Å². The van der Waals surface area contributed by atoms with E-state index in [2.05, 4.69) is 44.1 Å². The van der Waals surface area contributed by atoms with Gasteiger partial charge in [-0.15, -0.1) is 0 Å². The average molecular weight is 347 g/mol. The van der Waals surface area contributed by atoms with Crippen LogP contribution in [0.5, 0.6) is 0 Å². The summed E-state index contributed by atoms with van der Waals surface area (Å²) < 4.78 is 1.75. The Bertz CT molecular complexity index is 415. The summed E-state index contributed by atoms with van der Waals surface area (Å²) in [4.78, 5) is 12.0. The fourth-order valence-corrected chi connectivity index (χ4v) is 2.46. The average Bonchev–Trinajstić information content (AvgIpc) is 3.04. The molecule has 86 valence electrons. The Morgan fingerprint density at radius 1 is 1.44 bits per heavy atom. The highest BCUT2D eigenvalue weighted by molar-refractivity contribution is 9.11. The van der Waals surface area contributed by atoms with Crippen LogP contribution in [0, 0.1) is 5.92 Å². The van der Waals surface area contributed by atoms with Gasteiger partial charge in [0.15, 0.2) is 0 Å². The molecule has 1 aromatic rings. The van der Waals surface area contributed by atoms with Gasteiger partial charge in [0, 0.05) is 15.0 Å². The molecular weight excluding hydrogens is 334 g/mol. The molecule has 1 atom stereocenters. The Morgan fingerprint density at radius 2 is 2.12 bits per heavy atom. The molecule has 1 unspecified atom stereocenters. The monoisotopic (exact) mass is 345 g/mol. The molecule has 1 aliphatic carbocycles. The summed E-state index contributed by atoms with van der Waals surface area (Å²) in [5, 5.41) is 3.04. The molecule has 1 saturated carbocycles. The highest BCUT2D eigenvalue weighted by Crippen LogP contribution is 2.32. The molecular formula is C12H13Br2NO. The number of nitrogens with one attached hydrogen (secondary N) is 1. The first kappa shape index (κ1) is 12.1. The summed E-state index contributed by atoms with van der Waals surface area (Å²) in [6.45, 7) is 2.07. The summed E-state index contributed by atoms with van der Waals surface area (Å²) in [7, 11) is 0. The molecule has 0 spiro atoms. The summed E-state index contributed by atoms with van der Waals surface area (Å²) in [5.74, 6) is 0.669. The molecule has 0 aliphatic heterocycles. The van der Waals surface area contributed by atoms with E-state index in [1.165, 1.54) is 12.8 Å². The zero-order valence-corrected chi connectivity index (χ0v) is 12.1. The third kappa shape index (κ3) is 2.86. The van der Waals surface area contributed by atoms with Crippen molar-refractivity contribution in [2.45, 2.75) is 25.8 Å². The number of amides is 1. The largest absolute Gasteiger partial charge is 0.349 e. The first-order chi connectivity index (χ1) is 7.58. The number of carbonyl (C=O) groups is 1. The Kier molecular flexibility index (Phi) is 3.70. The molecule has 1 fully saturated rings. The van der Waals surface area contributed by atoms with Gasteiger partial charge in [-0.3, -0.25) is 4.79 Å². The molecule has 0 radical (unpaired) electrons. The van der Waals surface area contributed by atoms with Crippen LogP contribution >= 0.6 is 31.9 Å². The van der Waals surface area contributed by atoms with Gasteiger partial charge in [0.2, 0.25) is 0 Å². The lowest BCUT2D eigenvalue weighted by atomic mass is 10.1. The third-order valence-corrected chi connectivity index (χ3v) is 4.05. The number of hydrogen-bond acceptors (Lipinski definition) is 1. The third-order valence-electron chi connectivity index (χ3n) is 2.86. The first-order valence-corrected chi connectivity index (χ1v) is 6.92. The molecule has 1 N–H and O–H groups in total. The van der Waals surface area contributed by atoms with E-state index >= 15 is 0 Å². The van der Waals surface area contributed by atoms with Crippen LogP contribution in [0.3, 0.4) is 0 Å². The van der Waals surface area contributed by atoms with E-state index in [0.29, 0.717) is 11.5 Å². The van der Waals surface area contributed by atoms with Crippen molar-refractivity contribution in [2.24, 2.45) is 5.92 Å². The molecule has 0 heterocycles. The van der Waals surface area contributed by atoms with E-state index in [4.69, 9.17) is 0 Å². The fraction of sp³-hybridized carbons (Fsp3) is 0.417. The van der Waals surface area contributed by atoms with E-state index in [-0.39, 0.29) is 11.9 Å². The van der Waals surface area contributed by atoms with Crippen LogP contribution in [0.1, 0.15) is 30.1 Å². The minimum atomic E-state index is -0.00687. The SMILES string of the molecule is CC(NC(=O)c1cc(Br)ccc1Br)C1CC1. The van der Waals surface area contributed by atoms with E-state index in [1.54, 1.807) is 0 Å². The Labute approximate surface area is 112 Å². The number of benzene rings is 1. The number of rotatable bonds is 3. The zero-order valence-electron chi connectivity index (χ0n) is 8.97. The van der Waals surface area contributed by atoms with Crippen LogP contribution in [0.25, 0.3) is 0 Å². The summed E-state index contributed by atoms with van der Waals surface area (Å²) >= 11 is 6.76. The minimum absolute atomic E-state index is 0.00687. The number of carbonyl (C=O) groups excluding carboxylic acids is 1.